The lowest BCUT2D eigenvalue weighted by atomic mass is 10.6. The average molecular weight is 254 g/mol. The number of rotatable bonds is 5. The van der Waals surface area contributed by atoms with Crippen molar-refractivity contribution in [1.29, 1.82) is 0 Å². The first kappa shape index (κ1) is 12.0. The molecule has 8 nitrogen and oxygen atoms in total. The predicted octanol–water partition coefficient (Wildman–Crippen LogP) is -0.427. The molecule has 2 heterocycles. The Morgan fingerprint density at radius 2 is 2.12 bits per heavy atom. The van der Waals surface area contributed by atoms with Crippen LogP contribution in [0.1, 0.15) is 18.6 Å². The molecule has 2 rings (SSSR count). The van der Waals surface area contributed by atoms with E-state index in [9.17, 15) is 0 Å². The van der Waals surface area contributed by atoms with E-state index in [4.69, 9.17) is 5.73 Å². The molecule has 2 aromatic rings. The first-order valence-electron chi connectivity index (χ1n) is 5.22. The van der Waals surface area contributed by atoms with E-state index < -0.39 is 0 Å². The summed E-state index contributed by atoms with van der Waals surface area (Å²) >= 11 is 1.53. The monoisotopic (exact) mass is 254 g/mol. The lowest BCUT2D eigenvalue weighted by Gasteiger charge is -2.04. The van der Waals surface area contributed by atoms with E-state index in [1.807, 2.05) is 11.5 Å². The molecule has 0 aromatic carbocycles. The second kappa shape index (κ2) is 5.23. The molecule has 2 N–H and O–H groups in total. The number of aryl methyl sites for hydroxylation is 1. The quantitative estimate of drug-likeness (QED) is 0.723. The van der Waals surface area contributed by atoms with Crippen LogP contribution in [0.4, 0.5) is 0 Å². The van der Waals surface area contributed by atoms with E-state index in [-0.39, 0.29) is 0 Å². The summed E-state index contributed by atoms with van der Waals surface area (Å²) in [6.07, 6.45) is 0. The summed E-state index contributed by atoms with van der Waals surface area (Å²) in [5.74, 6) is 2.09. The Morgan fingerprint density at radius 1 is 1.29 bits per heavy atom. The molecule has 0 saturated carbocycles. The molecule has 2 aromatic heterocycles. The molecule has 9 heteroatoms. The molecule has 0 aliphatic rings. The number of thioether (sulfide) groups is 1. The van der Waals surface area contributed by atoms with Crippen LogP contribution < -0.4 is 5.73 Å². The molecule has 0 radical (unpaired) electrons. The second-order valence-electron chi connectivity index (χ2n) is 3.33. The number of hydrogen-bond acceptors (Lipinski definition) is 7. The van der Waals surface area contributed by atoms with Gasteiger partial charge in [-0.2, -0.15) is 4.80 Å². The van der Waals surface area contributed by atoms with Crippen molar-refractivity contribution in [3.8, 4) is 0 Å². The topological polar surface area (TPSA) is 100 Å². The van der Waals surface area contributed by atoms with Crippen molar-refractivity contribution in [3.63, 3.8) is 0 Å². The van der Waals surface area contributed by atoms with Crippen molar-refractivity contribution in [3.05, 3.63) is 11.6 Å². The lowest BCUT2D eigenvalue weighted by Crippen LogP contribution is -2.08. The van der Waals surface area contributed by atoms with Crippen LogP contribution in [-0.2, 0) is 25.9 Å². The summed E-state index contributed by atoms with van der Waals surface area (Å²) < 4.78 is 1.99. The standard InChI is InChI=1S/C8H14N8S/c1-3-16-7(4-9)11-12-8(16)17-5-6-10-14-15(2)13-6/h3-5,9H2,1-2H3. The third-order valence-corrected chi connectivity index (χ3v) is 3.14. The molecule has 92 valence electrons. The summed E-state index contributed by atoms with van der Waals surface area (Å²) in [5, 5.41) is 20.7. The van der Waals surface area contributed by atoms with Gasteiger partial charge in [-0.25, -0.2) is 0 Å². The van der Waals surface area contributed by atoms with Gasteiger partial charge in [0.1, 0.15) is 5.82 Å². The minimum atomic E-state index is 0.394. The van der Waals surface area contributed by atoms with Crippen LogP contribution in [0, 0.1) is 0 Å². The van der Waals surface area contributed by atoms with Gasteiger partial charge >= 0.3 is 0 Å². The lowest BCUT2D eigenvalue weighted by molar-refractivity contribution is 0.628. The normalized spacial score (nSPS) is 11.0. The van der Waals surface area contributed by atoms with Gasteiger partial charge in [-0.15, -0.1) is 20.4 Å². The van der Waals surface area contributed by atoms with E-state index in [1.54, 1.807) is 7.05 Å². The van der Waals surface area contributed by atoms with Crippen LogP contribution in [0.3, 0.4) is 0 Å². The molecule has 0 saturated heterocycles. The van der Waals surface area contributed by atoms with Crippen LogP contribution in [-0.4, -0.2) is 35.0 Å². The van der Waals surface area contributed by atoms with E-state index in [2.05, 4.69) is 25.6 Å². The molecule has 0 unspecified atom stereocenters. The maximum absolute atomic E-state index is 5.58. The van der Waals surface area contributed by atoms with Gasteiger partial charge in [0.15, 0.2) is 11.0 Å². The van der Waals surface area contributed by atoms with E-state index in [1.165, 1.54) is 16.6 Å². The minimum Gasteiger partial charge on any atom is -0.324 e. The third-order valence-electron chi connectivity index (χ3n) is 2.17. The van der Waals surface area contributed by atoms with Crippen LogP contribution in [0.15, 0.2) is 5.16 Å². The van der Waals surface area contributed by atoms with Gasteiger partial charge in [0.2, 0.25) is 0 Å². The summed E-state index contributed by atoms with van der Waals surface area (Å²) in [4.78, 5) is 1.44. The van der Waals surface area contributed by atoms with Crippen molar-refractivity contribution in [2.75, 3.05) is 0 Å². The van der Waals surface area contributed by atoms with E-state index in [0.29, 0.717) is 18.1 Å². The highest BCUT2D eigenvalue weighted by molar-refractivity contribution is 7.98. The Bertz CT molecular complexity index is 489. The zero-order valence-electron chi connectivity index (χ0n) is 9.74. The summed E-state index contributed by atoms with van der Waals surface area (Å²) in [5.41, 5.74) is 5.58. The summed E-state index contributed by atoms with van der Waals surface area (Å²) in [7, 11) is 1.74. The highest BCUT2D eigenvalue weighted by atomic mass is 32.2. The Morgan fingerprint density at radius 3 is 2.71 bits per heavy atom. The van der Waals surface area contributed by atoms with Crippen molar-refractivity contribution < 1.29 is 0 Å². The van der Waals surface area contributed by atoms with Crippen LogP contribution in [0.5, 0.6) is 0 Å². The van der Waals surface area contributed by atoms with E-state index >= 15 is 0 Å². The number of nitrogens with zero attached hydrogens (tertiary/aromatic N) is 7. The van der Waals surface area contributed by atoms with Gasteiger partial charge in [-0.05, 0) is 12.1 Å². The Hall–Kier alpha value is -1.48. The predicted molar refractivity (Wildman–Crippen MR) is 61.9 cm³/mol. The summed E-state index contributed by atoms with van der Waals surface area (Å²) in [6, 6.07) is 0. The average Bonchev–Trinajstić information content (AvgIpc) is 2.91. The van der Waals surface area contributed by atoms with Crippen LogP contribution in [0.2, 0.25) is 0 Å². The molecule has 0 aliphatic heterocycles. The molecular formula is C8H14N8S. The highest BCUT2D eigenvalue weighted by Gasteiger charge is 2.11. The fraction of sp³-hybridized carbons (Fsp3) is 0.625. The van der Waals surface area contributed by atoms with Gasteiger partial charge in [-0.1, -0.05) is 11.8 Å². The van der Waals surface area contributed by atoms with Crippen molar-refractivity contribution in [2.24, 2.45) is 12.8 Å². The van der Waals surface area contributed by atoms with Crippen LogP contribution in [0.25, 0.3) is 0 Å². The van der Waals surface area contributed by atoms with Crippen molar-refractivity contribution in [1.82, 2.24) is 35.0 Å². The molecule has 17 heavy (non-hydrogen) atoms. The first-order chi connectivity index (χ1) is 8.24. The van der Waals surface area contributed by atoms with E-state index in [0.717, 1.165) is 17.5 Å². The molecule has 0 fully saturated rings. The Balaban J connectivity index is 2.06. The SMILES string of the molecule is CCn1c(CN)nnc1SCc1nnn(C)n1. The van der Waals surface area contributed by atoms with Gasteiger partial charge in [0, 0.05) is 6.54 Å². The maximum atomic E-state index is 5.58. The number of tetrazole rings is 1. The Kier molecular flexibility index (Phi) is 3.69. The smallest absolute Gasteiger partial charge is 0.191 e. The zero-order chi connectivity index (χ0) is 12.3. The van der Waals surface area contributed by atoms with Crippen molar-refractivity contribution in [2.45, 2.75) is 30.9 Å². The molecule has 0 aliphatic carbocycles. The number of aromatic nitrogens is 7. The largest absolute Gasteiger partial charge is 0.324 e. The minimum absolute atomic E-state index is 0.394. The fourth-order valence-corrected chi connectivity index (χ4v) is 2.27. The maximum Gasteiger partial charge on any atom is 0.191 e. The molecular weight excluding hydrogens is 240 g/mol. The summed E-state index contributed by atoms with van der Waals surface area (Å²) in [6.45, 7) is 3.23. The Labute approximate surface area is 103 Å². The van der Waals surface area contributed by atoms with Gasteiger partial charge in [0.05, 0.1) is 19.3 Å². The molecule has 0 atom stereocenters. The number of nitrogens with two attached hydrogens (primary N) is 1. The van der Waals surface area contributed by atoms with Crippen molar-refractivity contribution >= 4 is 11.8 Å². The fourth-order valence-electron chi connectivity index (χ4n) is 1.40. The van der Waals surface area contributed by atoms with Gasteiger partial charge < -0.3 is 10.3 Å². The second-order valence-corrected chi connectivity index (χ2v) is 4.27. The van der Waals surface area contributed by atoms with Gasteiger partial charge in [-0.3, -0.25) is 0 Å². The first-order valence-corrected chi connectivity index (χ1v) is 6.21. The highest BCUT2D eigenvalue weighted by Crippen LogP contribution is 2.19. The molecule has 0 bridgehead atoms. The zero-order valence-corrected chi connectivity index (χ0v) is 10.6. The molecule has 0 spiro atoms. The number of hydrogen-bond donors (Lipinski definition) is 1. The van der Waals surface area contributed by atoms with Gasteiger partial charge in [0.25, 0.3) is 0 Å². The molecule has 0 amide bonds. The third kappa shape index (κ3) is 2.61. The van der Waals surface area contributed by atoms with Crippen LogP contribution >= 0.6 is 11.8 Å².